The SMILES string of the molecule is Cc1ccccc1SCC1=C(C(=O)O)N2C(=O)C(NC(=O)Cc3cccs3)[C@H]2SC1. The largest absolute Gasteiger partial charge is 0.477 e. The lowest BCUT2D eigenvalue weighted by Crippen LogP contribution is -2.70. The highest BCUT2D eigenvalue weighted by Crippen LogP contribution is 2.41. The number of aryl methyl sites for hydroxylation is 1. The molecule has 3 heterocycles. The Kier molecular flexibility index (Phi) is 6.21. The Morgan fingerprint density at radius 3 is 2.77 bits per heavy atom. The minimum absolute atomic E-state index is 0.0635. The minimum Gasteiger partial charge on any atom is -0.477 e. The summed E-state index contributed by atoms with van der Waals surface area (Å²) in [6.07, 6.45) is 0.221. The predicted molar refractivity (Wildman–Crippen MR) is 120 cm³/mol. The molecular formula is C21H20N2O4S3. The molecule has 1 aromatic carbocycles. The van der Waals surface area contributed by atoms with Gasteiger partial charge in [0.25, 0.3) is 5.91 Å². The zero-order valence-electron chi connectivity index (χ0n) is 16.2. The molecule has 9 heteroatoms. The van der Waals surface area contributed by atoms with E-state index in [9.17, 15) is 19.5 Å². The van der Waals surface area contributed by atoms with Crippen molar-refractivity contribution in [3.63, 3.8) is 0 Å². The van der Waals surface area contributed by atoms with Crippen LogP contribution in [0.25, 0.3) is 0 Å². The minimum atomic E-state index is -1.10. The van der Waals surface area contributed by atoms with Gasteiger partial charge in [0, 0.05) is 21.3 Å². The molecule has 2 aliphatic heterocycles. The van der Waals surface area contributed by atoms with E-state index in [1.165, 1.54) is 28.0 Å². The van der Waals surface area contributed by atoms with Crippen LogP contribution < -0.4 is 5.32 Å². The quantitative estimate of drug-likeness (QED) is 0.488. The highest BCUT2D eigenvalue weighted by atomic mass is 32.2. The normalized spacial score (nSPS) is 20.6. The molecule has 0 spiro atoms. The smallest absolute Gasteiger partial charge is 0.352 e. The highest BCUT2D eigenvalue weighted by Gasteiger charge is 2.54. The Hall–Kier alpha value is -2.23. The van der Waals surface area contributed by atoms with Crippen molar-refractivity contribution in [1.82, 2.24) is 10.2 Å². The number of rotatable bonds is 7. The Labute approximate surface area is 186 Å². The number of carboxylic acids is 1. The lowest BCUT2D eigenvalue weighted by molar-refractivity contribution is -0.150. The molecule has 0 saturated carbocycles. The number of nitrogens with zero attached hydrogens (tertiary/aromatic N) is 1. The van der Waals surface area contributed by atoms with E-state index in [0.29, 0.717) is 11.5 Å². The van der Waals surface area contributed by atoms with E-state index in [1.54, 1.807) is 11.8 Å². The van der Waals surface area contributed by atoms with Gasteiger partial charge in [-0.15, -0.1) is 34.9 Å². The van der Waals surface area contributed by atoms with E-state index < -0.39 is 12.0 Å². The van der Waals surface area contributed by atoms with Crippen molar-refractivity contribution in [1.29, 1.82) is 0 Å². The molecule has 30 heavy (non-hydrogen) atoms. The molecule has 2 aromatic rings. The number of nitrogens with one attached hydrogen (secondary N) is 1. The topological polar surface area (TPSA) is 86.7 Å². The number of fused-ring (bicyclic) bond motifs is 1. The zero-order chi connectivity index (χ0) is 21.3. The Balaban J connectivity index is 1.45. The summed E-state index contributed by atoms with van der Waals surface area (Å²) in [4.78, 5) is 40.3. The van der Waals surface area contributed by atoms with Gasteiger partial charge in [-0.3, -0.25) is 14.5 Å². The monoisotopic (exact) mass is 460 g/mol. The number of hydrogen-bond donors (Lipinski definition) is 2. The van der Waals surface area contributed by atoms with Crippen LogP contribution >= 0.6 is 34.9 Å². The number of thiophene rings is 1. The number of amides is 2. The van der Waals surface area contributed by atoms with Gasteiger partial charge in [0.05, 0.1) is 6.42 Å². The molecule has 0 bridgehead atoms. The van der Waals surface area contributed by atoms with Gasteiger partial charge < -0.3 is 10.4 Å². The van der Waals surface area contributed by atoms with Crippen molar-refractivity contribution in [2.45, 2.75) is 29.7 Å². The van der Waals surface area contributed by atoms with Crippen molar-refractivity contribution in [3.8, 4) is 0 Å². The third kappa shape index (κ3) is 4.14. The number of hydrogen-bond acceptors (Lipinski definition) is 6. The fraction of sp³-hybridized carbons (Fsp3) is 0.286. The number of benzene rings is 1. The number of aliphatic carboxylic acids is 1. The highest BCUT2D eigenvalue weighted by molar-refractivity contribution is 8.01. The summed E-state index contributed by atoms with van der Waals surface area (Å²) in [5.41, 5.74) is 1.93. The van der Waals surface area contributed by atoms with Gasteiger partial charge in [-0.1, -0.05) is 24.3 Å². The first-order chi connectivity index (χ1) is 14.5. The summed E-state index contributed by atoms with van der Waals surface area (Å²) < 4.78 is 0. The van der Waals surface area contributed by atoms with Crippen molar-refractivity contribution < 1.29 is 19.5 Å². The van der Waals surface area contributed by atoms with Crippen LogP contribution in [-0.2, 0) is 20.8 Å². The fourth-order valence-electron chi connectivity index (χ4n) is 3.47. The number of thioether (sulfide) groups is 2. The van der Waals surface area contributed by atoms with E-state index in [4.69, 9.17) is 0 Å². The first-order valence-electron chi connectivity index (χ1n) is 9.36. The zero-order valence-corrected chi connectivity index (χ0v) is 18.6. The summed E-state index contributed by atoms with van der Waals surface area (Å²) >= 11 is 4.57. The first kappa shape index (κ1) is 21.0. The number of carbonyl (C=O) groups excluding carboxylic acids is 2. The molecular weight excluding hydrogens is 440 g/mol. The molecule has 2 aliphatic rings. The molecule has 1 saturated heterocycles. The second kappa shape index (κ2) is 8.87. The van der Waals surface area contributed by atoms with Crippen LogP contribution in [0.1, 0.15) is 10.4 Å². The number of carbonyl (C=O) groups is 3. The van der Waals surface area contributed by atoms with E-state index in [1.807, 2.05) is 48.7 Å². The Bertz CT molecular complexity index is 1020. The van der Waals surface area contributed by atoms with Gasteiger partial charge in [0.1, 0.15) is 17.1 Å². The maximum atomic E-state index is 12.7. The molecule has 2 atom stereocenters. The van der Waals surface area contributed by atoms with E-state index in [-0.39, 0.29) is 29.3 Å². The predicted octanol–water partition coefficient (Wildman–Crippen LogP) is 3.13. The van der Waals surface area contributed by atoms with Gasteiger partial charge in [0.2, 0.25) is 5.91 Å². The van der Waals surface area contributed by atoms with Crippen LogP contribution in [0.5, 0.6) is 0 Å². The molecule has 1 unspecified atom stereocenters. The van der Waals surface area contributed by atoms with Crippen LogP contribution in [0.2, 0.25) is 0 Å². The van der Waals surface area contributed by atoms with E-state index >= 15 is 0 Å². The van der Waals surface area contributed by atoms with Gasteiger partial charge >= 0.3 is 5.97 Å². The standard InChI is InChI=1S/C21H20N2O4S3/c1-12-5-2-3-7-15(12)29-10-13-11-30-20-17(19(25)23(20)18(13)21(26)27)22-16(24)9-14-6-4-8-28-14/h2-8,17,20H,9-11H2,1H3,(H,22,24)(H,26,27)/t17?,20-/m1/s1. The maximum absolute atomic E-state index is 12.7. The lowest BCUT2D eigenvalue weighted by Gasteiger charge is -2.49. The third-order valence-electron chi connectivity index (χ3n) is 4.98. The summed E-state index contributed by atoms with van der Waals surface area (Å²) in [5.74, 6) is -0.657. The van der Waals surface area contributed by atoms with Gasteiger partial charge in [0.15, 0.2) is 0 Å². The van der Waals surface area contributed by atoms with Gasteiger partial charge in [-0.25, -0.2) is 4.79 Å². The summed E-state index contributed by atoms with van der Waals surface area (Å²) in [6, 6.07) is 11.0. The van der Waals surface area contributed by atoms with Crippen molar-refractivity contribution in [2.24, 2.45) is 0 Å². The summed E-state index contributed by atoms with van der Waals surface area (Å²) in [6.45, 7) is 2.02. The van der Waals surface area contributed by atoms with Crippen LogP contribution in [0.4, 0.5) is 0 Å². The lowest BCUT2D eigenvalue weighted by atomic mass is 10.0. The van der Waals surface area contributed by atoms with Crippen LogP contribution in [-0.4, -0.2) is 50.7 Å². The van der Waals surface area contributed by atoms with Crippen molar-refractivity contribution in [3.05, 3.63) is 63.5 Å². The van der Waals surface area contributed by atoms with E-state index in [0.717, 1.165) is 20.9 Å². The molecule has 156 valence electrons. The van der Waals surface area contributed by atoms with Gasteiger partial charge in [-0.2, -0.15) is 0 Å². The number of β-lactam (4-membered cyclic amide) rings is 1. The van der Waals surface area contributed by atoms with Crippen LogP contribution in [0.15, 0.2) is 57.9 Å². The third-order valence-corrected chi connectivity index (χ3v) is 8.45. The second-order valence-electron chi connectivity index (χ2n) is 7.02. The van der Waals surface area contributed by atoms with Crippen LogP contribution in [0.3, 0.4) is 0 Å². The fourth-order valence-corrected chi connectivity index (χ4v) is 6.69. The molecule has 6 nitrogen and oxygen atoms in total. The molecule has 1 fully saturated rings. The molecule has 1 aromatic heterocycles. The molecule has 0 aliphatic carbocycles. The summed E-state index contributed by atoms with van der Waals surface area (Å²) in [5, 5.41) is 14.1. The summed E-state index contributed by atoms with van der Waals surface area (Å²) in [7, 11) is 0. The molecule has 2 amide bonds. The van der Waals surface area contributed by atoms with Crippen molar-refractivity contribution in [2.75, 3.05) is 11.5 Å². The van der Waals surface area contributed by atoms with Crippen LogP contribution in [0, 0.1) is 6.92 Å². The van der Waals surface area contributed by atoms with Crippen molar-refractivity contribution >= 4 is 52.6 Å². The van der Waals surface area contributed by atoms with Gasteiger partial charge in [-0.05, 0) is 35.6 Å². The maximum Gasteiger partial charge on any atom is 0.352 e. The molecule has 0 radical (unpaired) electrons. The number of carboxylic acid groups (broad SMARTS) is 1. The Morgan fingerprint density at radius 1 is 1.27 bits per heavy atom. The average Bonchev–Trinajstić information content (AvgIpc) is 3.23. The Morgan fingerprint density at radius 2 is 2.07 bits per heavy atom. The first-order valence-corrected chi connectivity index (χ1v) is 12.3. The molecule has 4 rings (SSSR count). The van der Waals surface area contributed by atoms with E-state index in [2.05, 4.69) is 5.32 Å². The molecule has 2 N–H and O–H groups in total. The average molecular weight is 461 g/mol. The second-order valence-corrected chi connectivity index (χ2v) is 10.2.